The molecule has 0 heterocycles. The number of carboxylic acids is 1. The van der Waals surface area contributed by atoms with Crippen LogP contribution in [0.4, 0.5) is 0 Å². The summed E-state index contributed by atoms with van der Waals surface area (Å²) in [6, 6.07) is 6.56. The molecule has 0 radical (unpaired) electrons. The summed E-state index contributed by atoms with van der Waals surface area (Å²) in [4.78, 5) is 23.8. The van der Waals surface area contributed by atoms with Crippen LogP contribution >= 0.6 is 15.9 Å². The molecule has 1 aromatic carbocycles. The second-order valence-electron chi connectivity index (χ2n) is 3.82. The van der Waals surface area contributed by atoms with Crippen LogP contribution in [0.5, 0.6) is 0 Å². The Morgan fingerprint density at radius 3 is 2.35 bits per heavy atom. The number of likely N-dealkylation sites (N-methyl/N-ethyl adjacent to an activating group) is 1. The van der Waals surface area contributed by atoms with E-state index >= 15 is 0 Å². The standard InChI is InChI=1S/C12H14BrNO3/c1-8(12(16)17)14(2)11(15)7-9-3-5-10(13)6-4-9/h3-6,8H,7H2,1-2H3,(H,16,17). The summed E-state index contributed by atoms with van der Waals surface area (Å²) in [5.41, 5.74) is 0.864. The van der Waals surface area contributed by atoms with Crippen molar-refractivity contribution in [2.45, 2.75) is 19.4 Å². The zero-order valence-corrected chi connectivity index (χ0v) is 11.3. The zero-order chi connectivity index (χ0) is 13.0. The Labute approximate surface area is 108 Å². The van der Waals surface area contributed by atoms with Crippen molar-refractivity contribution in [1.29, 1.82) is 0 Å². The van der Waals surface area contributed by atoms with Gasteiger partial charge in [-0.25, -0.2) is 4.79 Å². The van der Waals surface area contributed by atoms with Crippen LogP contribution in [0.15, 0.2) is 28.7 Å². The molecule has 0 fully saturated rings. The Morgan fingerprint density at radius 1 is 1.35 bits per heavy atom. The quantitative estimate of drug-likeness (QED) is 0.924. The van der Waals surface area contributed by atoms with Crippen LogP contribution in [0.2, 0.25) is 0 Å². The minimum absolute atomic E-state index is 0.206. The van der Waals surface area contributed by atoms with E-state index < -0.39 is 12.0 Å². The third-order valence-electron chi connectivity index (χ3n) is 2.60. The van der Waals surface area contributed by atoms with Crippen LogP contribution in [-0.4, -0.2) is 35.0 Å². The fourth-order valence-electron chi connectivity index (χ4n) is 1.28. The van der Waals surface area contributed by atoms with Gasteiger partial charge in [0.05, 0.1) is 6.42 Å². The molecule has 4 nitrogen and oxygen atoms in total. The van der Waals surface area contributed by atoms with Crippen LogP contribution in [0.25, 0.3) is 0 Å². The molecule has 0 aliphatic carbocycles. The number of amides is 1. The SMILES string of the molecule is CC(C(=O)O)N(C)C(=O)Cc1ccc(Br)cc1. The maximum Gasteiger partial charge on any atom is 0.326 e. The second-order valence-corrected chi connectivity index (χ2v) is 4.74. The molecular formula is C12H14BrNO3. The number of aliphatic carboxylic acids is 1. The van der Waals surface area contributed by atoms with Gasteiger partial charge in [0.15, 0.2) is 0 Å². The fourth-order valence-corrected chi connectivity index (χ4v) is 1.55. The summed E-state index contributed by atoms with van der Waals surface area (Å²) in [6.45, 7) is 1.49. The predicted octanol–water partition coefficient (Wildman–Crippen LogP) is 1.92. The minimum Gasteiger partial charge on any atom is -0.480 e. The molecule has 5 heteroatoms. The van der Waals surface area contributed by atoms with Gasteiger partial charge in [-0.1, -0.05) is 28.1 Å². The lowest BCUT2D eigenvalue weighted by Crippen LogP contribution is -2.40. The van der Waals surface area contributed by atoms with Crippen molar-refractivity contribution in [3.8, 4) is 0 Å². The number of carbonyl (C=O) groups excluding carboxylic acids is 1. The highest BCUT2D eigenvalue weighted by atomic mass is 79.9. The van der Waals surface area contributed by atoms with Gasteiger partial charge >= 0.3 is 5.97 Å². The molecule has 1 N–H and O–H groups in total. The van der Waals surface area contributed by atoms with Gasteiger partial charge in [0.25, 0.3) is 0 Å². The average Bonchev–Trinajstić information content (AvgIpc) is 2.30. The Hall–Kier alpha value is -1.36. The smallest absolute Gasteiger partial charge is 0.326 e. The Bertz CT molecular complexity index is 416. The molecule has 92 valence electrons. The highest BCUT2D eigenvalue weighted by Crippen LogP contribution is 2.12. The minimum atomic E-state index is -1.00. The molecule has 1 atom stereocenters. The van der Waals surface area contributed by atoms with Gasteiger partial charge in [0.1, 0.15) is 6.04 Å². The van der Waals surface area contributed by atoms with Crippen molar-refractivity contribution in [2.75, 3.05) is 7.05 Å². The van der Waals surface area contributed by atoms with E-state index in [-0.39, 0.29) is 12.3 Å². The summed E-state index contributed by atoms with van der Waals surface area (Å²) in [5.74, 6) is -1.21. The van der Waals surface area contributed by atoms with Crippen molar-refractivity contribution in [2.24, 2.45) is 0 Å². The van der Waals surface area contributed by atoms with E-state index in [1.807, 2.05) is 24.3 Å². The monoisotopic (exact) mass is 299 g/mol. The second kappa shape index (κ2) is 5.82. The molecule has 0 spiro atoms. The van der Waals surface area contributed by atoms with Crippen molar-refractivity contribution >= 4 is 27.8 Å². The number of carbonyl (C=O) groups is 2. The van der Waals surface area contributed by atoms with Gasteiger partial charge < -0.3 is 10.0 Å². The van der Waals surface area contributed by atoms with Crippen molar-refractivity contribution < 1.29 is 14.7 Å². The molecule has 0 bridgehead atoms. The summed E-state index contributed by atoms with van der Waals surface area (Å²) in [6.07, 6.45) is 0.210. The number of rotatable bonds is 4. The number of carboxylic acid groups (broad SMARTS) is 1. The normalized spacial score (nSPS) is 11.9. The average molecular weight is 300 g/mol. The largest absolute Gasteiger partial charge is 0.480 e. The maximum absolute atomic E-state index is 11.8. The number of nitrogens with zero attached hydrogens (tertiary/aromatic N) is 1. The van der Waals surface area contributed by atoms with E-state index in [0.29, 0.717) is 0 Å². The lowest BCUT2D eigenvalue weighted by Gasteiger charge is -2.21. The summed E-state index contributed by atoms with van der Waals surface area (Å²) >= 11 is 3.31. The molecule has 0 aromatic heterocycles. The number of benzene rings is 1. The molecule has 1 amide bonds. The van der Waals surface area contributed by atoms with E-state index in [0.717, 1.165) is 10.0 Å². The first-order chi connectivity index (χ1) is 7.91. The molecule has 0 saturated heterocycles. The molecule has 17 heavy (non-hydrogen) atoms. The first-order valence-electron chi connectivity index (χ1n) is 5.14. The van der Waals surface area contributed by atoms with E-state index in [2.05, 4.69) is 15.9 Å². The van der Waals surface area contributed by atoms with Crippen LogP contribution < -0.4 is 0 Å². The maximum atomic E-state index is 11.8. The van der Waals surface area contributed by atoms with Crippen LogP contribution in [0.1, 0.15) is 12.5 Å². The van der Waals surface area contributed by atoms with E-state index in [4.69, 9.17) is 5.11 Å². The highest BCUT2D eigenvalue weighted by molar-refractivity contribution is 9.10. The third kappa shape index (κ3) is 3.85. The van der Waals surface area contributed by atoms with Crippen LogP contribution in [0.3, 0.4) is 0 Å². The molecule has 1 rings (SSSR count). The Balaban J connectivity index is 2.66. The molecule has 1 unspecified atom stereocenters. The Morgan fingerprint density at radius 2 is 1.88 bits per heavy atom. The number of hydrogen-bond donors (Lipinski definition) is 1. The lowest BCUT2D eigenvalue weighted by atomic mass is 10.1. The lowest BCUT2D eigenvalue weighted by molar-refractivity contribution is -0.147. The Kier molecular flexibility index (Phi) is 4.69. The zero-order valence-electron chi connectivity index (χ0n) is 9.68. The highest BCUT2D eigenvalue weighted by Gasteiger charge is 2.21. The van der Waals surface area contributed by atoms with E-state index in [1.165, 1.54) is 18.9 Å². The van der Waals surface area contributed by atoms with Gasteiger partial charge in [0.2, 0.25) is 5.91 Å². The van der Waals surface area contributed by atoms with Gasteiger partial charge in [0, 0.05) is 11.5 Å². The van der Waals surface area contributed by atoms with Gasteiger partial charge in [-0.2, -0.15) is 0 Å². The molecule has 1 aromatic rings. The van der Waals surface area contributed by atoms with Crippen LogP contribution in [-0.2, 0) is 16.0 Å². The van der Waals surface area contributed by atoms with Gasteiger partial charge in [-0.3, -0.25) is 4.79 Å². The fraction of sp³-hybridized carbons (Fsp3) is 0.333. The van der Waals surface area contributed by atoms with Crippen LogP contribution in [0, 0.1) is 0 Å². The molecule has 0 saturated carbocycles. The summed E-state index contributed by atoms with van der Waals surface area (Å²) in [5, 5.41) is 8.80. The first kappa shape index (κ1) is 13.7. The topological polar surface area (TPSA) is 57.6 Å². The number of halogens is 1. The van der Waals surface area contributed by atoms with Crippen molar-refractivity contribution in [3.05, 3.63) is 34.3 Å². The van der Waals surface area contributed by atoms with Crippen molar-refractivity contribution in [1.82, 2.24) is 4.90 Å². The molecule has 0 aliphatic heterocycles. The van der Waals surface area contributed by atoms with E-state index in [9.17, 15) is 9.59 Å². The number of hydrogen-bond acceptors (Lipinski definition) is 2. The molecular weight excluding hydrogens is 286 g/mol. The van der Waals surface area contributed by atoms with Gasteiger partial charge in [-0.15, -0.1) is 0 Å². The van der Waals surface area contributed by atoms with Gasteiger partial charge in [-0.05, 0) is 24.6 Å². The van der Waals surface area contributed by atoms with E-state index in [1.54, 1.807) is 0 Å². The predicted molar refractivity (Wildman–Crippen MR) is 67.7 cm³/mol. The third-order valence-corrected chi connectivity index (χ3v) is 3.13. The first-order valence-corrected chi connectivity index (χ1v) is 5.94. The van der Waals surface area contributed by atoms with Crippen molar-refractivity contribution in [3.63, 3.8) is 0 Å². The summed E-state index contributed by atoms with van der Waals surface area (Å²) in [7, 11) is 1.50. The summed E-state index contributed by atoms with van der Waals surface area (Å²) < 4.78 is 0.945. The molecule has 0 aliphatic rings.